The lowest BCUT2D eigenvalue weighted by molar-refractivity contribution is 0.282. The van der Waals surface area contributed by atoms with Gasteiger partial charge in [-0.2, -0.15) is 0 Å². The Morgan fingerprint density at radius 1 is 1.38 bits per heavy atom. The Morgan fingerprint density at radius 3 is 3.00 bits per heavy atom. The zero-order valence-corrected chi connectivity index (χ0v) is 8.45. The predicted octanol–water partition coefficient (Wildman–Crippen LogP) is 2.49. The minimum Gasteiger partial charge on any atom is -0.392 e. The highest BCUT2D eigenvalue weighted by molar-refractivity contribution is 9.10. The topological polar surface area (TPSA) is 33.1 Å². The van der Waals surface area contributed by atoms with E-state index in [9.17, 15) is 0 Å². The normalized spacial score (nSPS) is 10.6. The molecule has 0 fully saturated rings. The summed E-state index contributed by atoms with van der Waals surface area (Å²) in [6.45, 7) is 0.0467. The molecule has 66 valence electrons. The smallest absolute Gasteiger partial charge is 0.0716 e. The molecular weight excluding hydrogens is 230 g/mol. The predicted molar refractivity (Wildman–Crippen MR) is 55.4 cm³/mol. The fourth-order valence-corrected chi connectivity index (χ4v) is 1.91. The van der Waals surface area contributed by atoms with Crippen molar-refractivity contribution in [2.24, 2.45) is 0 Å². The number of aliphatic hydroxyl groups excluding tert-OH is 1. The van der Waals surface area contributed by atoms with Crippen LogP contribution in [-0.4, -0.2) is 10.1 Å². The third-order valence-electron chi connectivity index (χ3n) is 1.91. The first-order valence-electron chi connectivity index (χ1n) is 3.95. The van der Waals surface area contributed by atoms with Crippen LogP contribution in [0.1, 0.15) is 5.56 Å². The molecule has 2 nitrogen and oxygen atoms in total. The fourth-order valence-electron chi connectivity index (χ4n) is 1.28. The largest absolute Gasteiger partial charge is 0.392 e. The molecule has 13 heavy (non-hydrogen) atoms. The molecule has 2 aromatic rings. The molecule has 1 heterocycles. The lowest BCUT2D eigenvalue weighted by Gasteiger charge is -2.02. The summed E-state index contributed by atoms with van der Waals surface area (Å²) in [4.78, 5) is 4.21. The number of nitrogens with zero attached hydrogens (tertiary/aromatic N) is 1. The summed E-state index contributed by atoms with van der Waals surface area (Å²) >= 11 is 3.44. The maximum absolute atomic E-state index is 8.97. The molecule has 0 aliphatic heterocycles. The number of halogens is 1. The van der Waals surface area contributed by atoms with Crippen LogP contribution in [0, 0.1) is 0 Å². The second kappa shape index (κ2) is 3.44. The van der Waals surface area contributed by atoms with Gasteiger partial charge >= 0.3 is 0 Å². The minimum atomic E-state index is 0.0467. The lowest BCUT2D eigenvalue weighted by atomic mass is 10.1. The molecule has 0 aliphatic carbocycles. The van der Waals surface area contributed by atoms with Crippen molar-refractivity contribution in [2.75, 3.05) is 0 Å². The molecule has 0 amide bonds. The molecule has 0 bridgehead atoms. The molecule has 0 aliphatic rings. The van der Waals surface area contributed by atoms with Crippen molar-refractivity contribution in [3.8, 4) is 0 Å². The van der Waals surface area contributed by atoms with Crippen molar-refractivity contribution in [3.63, 3.8) is 0 Å². The number of fused-ring (bicyclic) bond motifs is 1. The highest BCUT2D eigenvalue weighted by Crippen LogP contribution is 2.24. The van der Waals surface area contributed by atoms with Gasteiger partial charge in [0.15, 0.2) is 0 Å². The van der Waals surface area contributed by atoms with E-state index in [1.165, 1.54) is 0 Å². The average Bonchev–Trinajstić information content (AvgIpc) is 2.18. The zero-order valence-electron chi connectivity index (χ0n) is 6.87. The van der Waals surface area contributed by atoms with E-state index in [4.69, 9.17) is 5.11 Å². The molecule has 0 radical (unpaired) electrons. The Bertz CT molecular complexity index is 442. The van der Waals surface area contributed by atoms with Gasteiger partial charge in [0.05, 0.1) is 12.1 Å². The van der Waals surface area contributed by atoms with Crippen LogP contribution in [0.4, 0.5) is 0 Å². The maximum atomic E-state index is 8.97. The summed E-state index contributed by atoms with van der Waals surface area (Å²) in [7, 11) is 0. The molecular formula is C10H8BrNO. The minimum absolute atomic E-state index is 0.0467. The molecule has 1 aromatic carbocycles. The summed E-state index contributed by atoms with van der Waals surface area (Å²) < 4.78 is 0.974. The molecule has 2 rings (SSSR count). The Morgan fingerprint density at radius 2 is 2.23 bits per heavy atom. The van der Waals surface area contributed by atoms with Crippen molar-refractivity contribution in [1.82, 2.24) is 4.98 Å². The van der Waals surface area contributed by atoms with E-state index in [0.29, 0.717) is 0 Å². The summed E-state index contributed by atoms with van der Waals surface area (Å²) in [5.74, 6) is 0. The Balaban J connectivity index is 2.77. The van der Waals surface area contributed by atoms with E-state index >= 15 is 0 Å². The van der Waals surface area contributed by atoms with Gasteiger partial charge in [-0.05, 0) is 23.8 Å². The van der Waals surface area contributed by atoms with Crippen molar-refractivity contribution in [3.05, 3.63) is 40.5 Å². The molecule has 1 aromatic heterocycles. The van der Waals surface area contributed by atoms with Crippen molar-refractivity contribution >= 4 is 26.8 Å². The van der Waals surface area contributed by atoms with Gasteiger partial charge in [0.25, 0.3) is 0 Å². The molecule has 0 saturated heterocycles. The summed E-state index contributed by atoms with van der Waals surface area (Å²) in [6.07, 6.45) is 1.75. The van der Waals surface area contributed by atoms with E-state index in [1.807, 2.05) is 24.3 Å². The number of aliphatic hydroxyl groups is 1. The van der Waals surface area contributed by atoms with Gasteiger partial charge in [-0.3, -0.25) is 4.98 Å². The highest BCUT2D eigenvalue weighted by atomic mass is 79.9. The zero-order chi connectivity index (χ0) is 9.26. The first-order valence-corrected chi connectivity index (χ1v) is 4.74. The molecule has 1 N–H and O–H groups in total. The molecule has 0 unspecified atom stereocenters. The van der Waals surface area contributed by atoms with Crippen LogP contribution in [0.15, 0.2) is 34.9 Å². The SMILES string of the molecule is OCc1cc(Br)c2cccnc2c1. The molecule has 0 saturated carbocycles. The van der Waals surface area contributed by atoms with Gasteiger partial charge < -0.3 is 5.11 Å². The third kappa shape index (κ3) is 1.57. The standard InChI is InChI=1S/C10H8BrNO/c11-9-4-7(6-13)5-10-8(9)2-1-3-12-10/h1-5,13H,6H2. The van der Waals surface area contributed by atoms with E-state index in [2.05, 4.69) is 20.9 Å². The van der Waals surface area contributed by atoms with Crippen molar-refractivity contribution in [2.45, 2.75) is 6.61 Å². The van der Waals surface area contributed by atoms with Crippen molar-refractivity contribution < 1.29 is 5.11 Å². The number of pyridine rings is 1. The fraction of sp³-hybridized carbons (Fsp3) is 0.100. The van der Waals surface area contributed by atoms with Gasteiger partial charge in [-0.15, -0.1) is 0 Å². The van der Waals surface area contributed by atoms with Crippen LogP contribution in [-0.2, 0) is 6.61 Å². The number of hydrogen-bond donors (Lipinski definition) is 1. The maximum Gasteiger partial charge on any atom is 0.0716 e. The first-order chi connectivity index (χ1) is 6.31. The highest BCUT2D eigenvalue weighted by Gasteiger charge is 2.00. The number of rotatable bonds is 1. The van der Waals surface area contributed by atoms with Crippen LogP contribution in [0.25, 0.3) is 10.9 Å². The van der Waals surface area contributed by atoms with Gasteiger partial charge in [0.1, 0.15) is 0 Å². The first kappa shape index (κ1) is 8.66. The quantitative estimate of drug-likeness (QED) is 0.827. The van der Waals surface area contributed by atoms with Gasteiger partial charge in [-0.1, -0.05) is 22.0 Å². The summed E-state index contributed by atoms with van der Waals surface area (Å²) in [5, 5.41) is 10.0. The van der Waals surface area contributed by atoms with Crippen LogP contribution in [0.3, 0.4) is 0 Å². The molecule has 0 spiro atoms. The second-order valence-electron chi connectivity index (χ2n) is 2.81. The summed E-state index contributed by atoms with van der Waals surface area (Å²) in [5.41, 5.74) is 1.78. The van der Waals surface area contributed by atoms with Crippen LogP contribution < -0.4 is 0 Å². The van der Waals surface area contributed by atoms with Gasteiger partial charge in [-0.25, -0.2) is 0 Å². The number of benzene rings is 1. The van der Waals surface area contributed by atoms with E-state index in [0.717, 1.165) is 20.9 Å². The van der Waals surface area contributed by atoms with Gasteiger partial charge in [0, 0.05) is 16.1 Å². The summed E-state index contributed by atoms with van der Waals surface area (Å²) in [6, 6.07) is 7.68. The second-order valence-corrected chi connectivity index (χ2v) is 3.66. The average molecular weight is 238 g/mol. The molecule has 0 atom stereocenters. The van der Waals surface area contributed by atoms with Crippen LogP contribution in [0.5, 0.6) is 0 Å². The Kier molecular flexibility index (Phi) is 2.29. The Hall–Kier alpha value is -0.930. The monoisotopic (exact) mass is 237 g/mol. The third-order valence-corrected chi connectivity index (χ3v) is 2.57. The van der Waals surface area contributed by atoms with E-state index in [1.54, 1.807) is 6.20 Å². The molecule has 3 heteroatoms. The van der Waals surface area contributed by atoms with Crippen molar-refractivity contribution in [1.29, 1.82) is 0 Å². The van der Waals surface area contributed by atoms with Gasteiger partial charge in [0.2, 0.25) is 0 Å². The van der Waals surface area contributed by atoms with E-state index in [-0.39, 0.29) is 6.61 Å². The Labute approximate surface area is 84.4 Å². The number of hydrogen-bond acceptors (Lipinski definition) is 2. The van der Waals surface area contributed by atoms with E-state index < -0.39 is 0 Å². The lowest BCUT2D eigenvalue weighted by Crippen LogP contribution is -1.86. The van der Waals surface area contributed by atoms with Crippen LogP contribution in [0.2, 0.25) is 0 Å². The number of aromatic nitrogens is 1. The van der Waals surface area contributed by atoms with Crippen LogP contribution >= 0.6 is 15.9 Å².